The lowest BCUT2D eigenvalue weighted by Crippen LogP contribution is -2.08. The molecule has 0 fully saturated rings. The summed E-state index contributed by atoms with van der Waals surface area (Å²) in [5.74, 6) is -0.909. The molecule has 0 spiro atoms. The van der Waals surface area contributed by atoms with Crippen molar-refractivity contribution in [1.82, 2.24) is 0 Å². The van der Waals surface area contributed by atoms with E-state index in [9.17, 15) is 13.2 Å². The summed E-state index contributed by atoms with van der Waals surface area (Å²) in [5, 5.41) is 8.76. The molecule has 0 aliphatic carbocycles. The number of hydrogen-bond donors (Lipinski definition) is 1. The number of carbonyl (C=O) groups is 1. The van der Waals surface area contributed by atoms with Gasteiger partial charge >= 0.3 is 5.97 Å². The van der Waals surface area contributed by atoms with Gasteiger partial charge in [-0.3, -0.25) is 8.98 Å². The first-order valence-corrected chi connectivity index (χ1v) is 10.2. The Morgan fingerprint density at radius 2 is 1.32 bits per heavy atom. The van der Waals surface area contributed by atoms with Crippen molar-refractivity contribution in [3.63, 3.8) is 0 Å². The van der Waals surface area contributed by atoms with E-state index in [-0.39, 0.29) is 5.92 Å². The molecule has 0 radical (unpaired) electrons. The van der Waals surface area contributed by atoms with E-state index >= 15 is 0 Å². The Labute approximate surface area is 135 Å². The maximum Gasteiger partial charge on any atom is 0.306 e. The molecule has 0 aliphatic rings. The smallest absolute Gasteiger partial charge is 0.306 e. The third kappa shape index (κ3) is 15.8. The van der Waals surface area contributed by atoms with Crippen LogP contribution in [-0.2, 0) is 19.1 Å². The second kappa shape index (κ2) is 12.9. The van der Waals surface area contributed by atoms with Gasteiger partial charge < -0.3 is 5.11 Å². The second-order valence-corrected chi connectivity index (χ2v) is 7.73. The maximum absolute atomic E-state index is 10.7. The highest BCUT2D eigenvalue weighted by molar-refractivity contribution is 7.85. The summed E-state index contributed by atoms with van der Waals surface area (Å²) >= 11 is 0. The molecule has 0 aliphatic heterocycles. The minimum atomic E-state index is -3.28. The summed E-state index contributed by atoms with van der Waals surface area (Å²) in [4.78, 5) is 10.6. The minimum Gasteiger partial charge on any atom is -0.481 e. The van der Waals surface area contributed by atoms with Crippen LogP contribution in [0.25, 0.3) is 0 Å². The van der Waals surface area contributed by atoms with Gasteiger partial charge in [-0.1, -0.05) is 64.7 Å². The molecule has 0 aromatic carbocycles. The lowest BCUT2D eigenvalue weighted by molar-refractivity contribution is -0.141. The van der Waals surface area contributed by atoms with E-state index in [1.54, 1.807) is 6.92 Å². The molecular weight excluding hydrogens is 304 g/mol. The van der Waals surface area contributed by atoms with Gasteiger partial charge in [-0.05, 0) is 12.8 Å². The Morgan fingerprint density at radius 1 is 0.909 bits per heavy atom. The summed E-state index contributed by atoms with van der Waals surface area (Å²) in [5.41, 5.74) is 0. The van der Waals surface area contributed by atoms with Crippen molar-refractivity contribution in [3.8, 4) is 0 Å². The van der Waals surface area contributed by atoms with E-state index < -0.39 is 16.1 Å². The van der Waals surface area contributed by atoms with Crippen molar-refractivity contribution in [2.45, 2.75) is 77.6 Å². The average molecular weight is 336 g/mol. The predicted octanol–water partition coefficient (Wildman–Crippen LogP) is 3.97. The molecular formula is C16H32O5S. The fourth-order valence-corrected chi connectivity index (χ4v) is 2.72. The molecule has 22 heavy (non-hydrogen) atoms. The van der Waals surface area contributed by atoms with E-state index in [1.807, 2.05) is 0 Å². The van der Waals surface area contributed by atoms with Crippen LogP contribution in [-0.4, -0.2) is 32.4 Å². The van der Waals surface area contributed by atoms with Crippen LogP contribution in [0.1, 0.15) is 77.6 Å². The molecule has 0 aromatic heterocycles. The fraction of sp³-hybridized carbons (Fsp3) is 0.938. The van der Waals surface area contributed by atoms with Crippen molar-refractivity contribution in [3.05, 3.63) is 0 Å². The molecule has 132 valence electrons. The predicted molar refractivity (Wildman–Crippen MR) is 88.4 cm³/mol. The molecule has 0 aromatic rings. The first-order valence-electron chi connectivity index (χ1n) is 8.40. The average Bonchev–Trinajstić information content (AvgIpc) is 2.42. The molecule has 5 nitrogen and oxygen atoms in total. The minimum absolute atomic E-state index is 0.216. The normalized spacial score (nSPS) is 13.2. The van der Waals surface area contributed by atoms with Crippen molar-refractivity contribution in [2.24, 2.45) is 5.92 Å². The molecule has 0 bridgehead atoms. The molecule has 0 saturated heterocycles. The molecule has 6 heteroatoms. The number of unbranched alkanes of at least 4 members (excludes halogenated alkanes) is 9. The molecule has 0 amide bonds. The zero-order valence-corrected chi connectivity index (χ0v) is 14.9. The van der Waals surface area contributed by atoms with E-state index in [2.05, 4.69) is 4.18 Å². The largest absolute Gasteiger partial charge is 0.481 e. The van der Waals surface area contributed by atoms with Crippen LogP contribution in [0.15, 0.2) is 0 Å². The Kier molecular flexibility index (Phi) is 12.5. The molecule has 0 saturated carbocycles. The molecule has 0 heterocycles. The van der Waals surface area contributed by atoms with Crippen LogP contribution < -0.4 is 0 Å². The lowest BCUT2D eigenvalue weighted by atomic mass is 10.0. The van der Waals surface area contributed by atoms with Crippen LogP contribution in [0.3, 0.4) is 0 Å². The summed E-state index contributed by atoms with van der Waals surface area (Å²) in [6, 6.07) is 0. The quantitative estimate of drug-likeness (QED) is 0.361. The standard InChI is InChI=1S/C16H32O5S/c1-15(16(17)18)13-11-9-7-5-3-4-6-8-10-12-14-21-22(2,19)20/h15H,3-14H2,1-2H3,(H,17,18). The van der Waals surface area contributed by atoms with Gasteiger partial charge in [-0.25, -0.2) is 0 Å². The Morgan fingerprint density at radius 3 is 1.73 bits per heavy atom. The lowest BCUT2D eigenvalue weighted by Gasteiger charge is -2.05. The summed E-state index contributed by atoms with van der Waals surface area (Å²) in [6.45, 7) is 2.07. The van der Waals surface area contributed by atoms with Crippen LogP contribution >= 0.6 is 0 Å². The summed E-state index contributed by atoms with van der Waals surface area (Å²) < 4.78 is 26.1. The Hall–Kier alpha value is -0.620. The first-order chi connectivity index (χ1) is 10.3. The van der Waals surface area contributed by atoms with Gasteiger partial charge in [0.1, 0.15) is 0 Å². The number of hydrogen-bond acceptors (Lipinski definition) is 4. The van der Waals surface area contributed by atoms with E-state index in [4.69, 9.17) is 5.11 Å². The zero-order valence-electron chi connectivity index (χ0n) is 14.1. The van der Waals surface area contributed by atoms with Crippen molar-refractivity contribution in [1.29, 1.82) is 0 Å². The van der Waals surface area contributed by atoms with Gasteiger partial charge in [0.15, 0.2) is 0 Å². The highest BCUT2D eigenvalue weighted by Crippen LogP contribution is 2.14. The monoisotopic (exact) mass is 336 g/mol. The maximum atomic E-state index is 10.7. The highest BCUT2D eigenvalue weighted by Gasteiger charge is 2.09. The number of carboxylic acid groups (broad SMARTS) is 1. The van der Waals surface area contributed by atoms with Crippen LogP contribution in [0.4, 0.5) is 0 Å². The van der Waals surface area contributed by atoms with Gasteiger partial charge in [0.05, 0.1) is 18.8 Å². The summed E-state index contributed by atoms with van der Waals surface area (Å²) in [6.07, 6.45) is 13.0. The summed E-state index contributed by atoms with van der Waals surface area (Å²) in [7, 11) is -3.28. The third-order valence-corrected chi connectivity index (χ3v) is 4.35. The van der Waals surface area contributed by atoms with Crippen LogP contribution in [0, 0.1) is 5.92 Å². The molecule has 1 atom stereocenters. The van der Waals surface area contributed by atoms with E-state index in [0.29, 0.717) is 6.61 Å². The second-order valence-electron chi connectivity index (χ2n) is 6.09. The van der Waals surface area contributed by atoms with Gasteiger partial charge in [0.25, 0.3) is 10.1 Å². The first kappa shape index (κ1) is 21.4. The highest BCUT2D eigenvalue weighted by atomic mass is 32.2. The van der Waals surface area contributed by atoms with Crippen LogP contribution in [0.5, 0.6) is 0 Å². The molecule has 0 rings (SSSR count). The van der Waals surface area contributed by atoms with Gasteiger partial charge in [-0.2, -0.15) is 8.42 Å². The Bertz CT molecular complexity index is 378. The van der Waals surface area contributed by atoms with Crippen molar-refractivity contribution >= 4 is 16.1 Å². The zero-order chi connectivity index (χ0) is 16.8. The van der Waals surface area contributed by atoms with Gasteiger partial charge in [0, 0.05) is 0 Å². The molecule has 1 unspecified atom stereocenters. The van der Waals surface area contributed by atoms with Gasteiger partial charge in [0.2, 0.25) is 0 Å². The van der Waals surface area contributed by atoms with Crippen molar-refractivity contribution < 1.29 is 22.5 Å². The SMILES string of the molecule is CC(CCCCCCCCCCCCOS(C)(=O)=O)C(=O)O. The number of aliphatic carboxylic acids is 1. The van der Waals surface area contributed by atoms with E-state index in [0.717, 1.165) is 44.8 Å². The molecule has 1 N–H and O–H groups in total. The van der Waals surface area contributed by atoms with Crippen LogP contribution in [0.2, 0.25) is 0 Å². The van der Waals surface area contributed by atoms with Crippen molar-refractivity contribution in [2.75, 3.05) is 12.9 Å². The van der Waals surface area contributed by atoms with Gasteiger partial charge in [-0.15, -0.1) is 0 Å². The number of carboxylic acids is 1. The fourth-order valence-electron chi connectivity index (χ4n) is 2.30. The van der Waals surface area contributed by atoms with E-state index in [1.165, 1.54) is 32.1 Å². The topological polar surface area (TPSA) is 80.7 Å². The Balaban J connectivity index is 3.16. The third-order valence-electron chi connectivity index (χ3n) is 3.75. The number of rotatable bonds is 15.